The summed E-state index contributed by atoms with van der Waals surface area (Å²) >= 11 is 1.84. The first-order chi connectivity index (χ1) is 12.0. The van der Waals surface area contributed by atoms with E-state index in [0.717, 1.165) is 18.8 Å². The zero-order chi connectivity index (χ0) is 17.8. The summed E-state index contributed by atoms with van der Waals surface area (Å²) in [6, 6.07) is 11.1. The third kappa shape index (κ3) is 4.41. The molecule has 3 N–H and O–H groups in total. The van der Waals surface area contributed by atoms with Crippen molar-refractivity contribution >= 4 is 23.0 Å². The van der Waals surface area contributed by atoms with Crippen LogP contribution in [-0.2, 0) is 0 Å². The molecule has 2 unspecified atom stereocenters. The molecule has 0 bridgehead atoms. The Morgan fingerprint density at radius 2 is 2.16 bits per heavy atom. The van der Waals surface area contributed by atoms with Gasteiger partial charge in [-0.05, 0) is 80.9 Å². The number of likely N-dealkylation sites (tertiary alicyclic amines) is 1. The van der Waals surface area contributed by atoms with Crippen LogP contribution in [0.2, 0.25) is 0 Å². The summed E-state index contributed by atoms with van der Waals surface area (Å²) in [6.07, 6.45) is 2.43. The molecule has 0 aliphatic carbocycles. The molecule has 1 aliphatic heterocycles. The first-order valence-corrected chi connectivity index (χ1v) is 9.80. The minimum atomic E-state index is 0.451. The summed E-state index contributed by atoms with van der Waals surface area (Å²) in [5.74, 6) is 1.01. The van der Waals surface area contributed by atoms with Crippen molar-refractivity contribution in [3.05, 3.63) is 51.7 Å². The van der Waals surface area contributed by atoms with Crippen LogP contribution in [0.15, 0.2) is 40.7 Å². The van der Waals surface area contributed by atoms with E-state index in [1.807, 2.05) is 17.4 Å². The van der Waals surface area contributed by atoms with Crippen molar-refractivity contribution in [1.29, 1.82) is 0 Å². The van der Waals surface area contributed by atoms with E-state index in [-0.39, 0.29) is 0 Å². The summed E-state index contributed by atoms with van der Waals surface area (Å²) in [4.78, 5) is 8.55. The van der Waals surface area contributed by atoms with Gasteiger partial charge in [0.2, 0.25) is 0 Å². The fourth-order valence-electron chi connectivity index (χ4n) is 3.58. The second kappa shape index (κ2) is 8.02. The van der Waals surface area contributed by atoms with E-state index in [0.29, 0.717) is 17.9 Å². The number of nitrogens with two attached hydrogens (primary N) is 1. The summed E-state index contributed by atoms with van der Waals surface area (Å²) in [7, 11) is 2.22. The van der Waals surface area contributed by atoms with Gasteiger partial charge < -0.3 is 11.1 Å². The largest absolute Gasteiger partial charge is 0.370 e. The van der Waals surface area contributed by atoms with Crippen molar-refractivity contribution in [3.63, 3.8) is 0 Å². The molecule has 134 valence electrons. The van der Waals surface area contributed by atoms with Gasteiger partial charge in [0.25, 0.3) is 0 Å². The zero-order valence-electron chi connectivity index (χ0n) is 15.3. The van der Waals surface area contributed by atoms with Gasteiger partial charge in [-0.25, -0.2) is 0 Å². The highest BCUT2D eigenvalue weighted by Gasteiger charge is 2.30. The van der Waals surface area contributed by atoms with Crippen LogP contribution in [0, 0.1) is 19.8 Å². The number of thiophene rings is 1. The second-order valence-corrected chi connectivity index (χ2v) is 7.97. The molecule has 0 saturated carbocycles. The van der Waals surface area contributed by atoms with E-state index in [4.69, 9.17) is 5.73 Å². The molecule has 4 nitrogen and oxygen atoms in total. The van der Waals surface area contributed by atoms with Gasteiger partial charge in [0.1, 0.15) is 0 Å². The molecular weight excluding hydrogens is 328 g/mol. The van der Waals surface area contributed by atoms with Gasteiger partial charge in [-0.2, -0.15) is 0 Å². The third-order valence-electron chi connectivity index (χ3n) is 5.12. The lowest BCUT2D eigenvalue weighted by atomic mass is 9.88. The maximum atomic E-state index is 6.14. The first kappa shape index (κ1) is 18.0. The number of anilines is 1. The van der Waals surface area contributed by atoms with Crippen LogP contribution in [0.4, 0.5) is 5.69 Å². The quantitative estimate of drug-likeness (QED) is 0.638. The Morgan fingerprint density at radius 1 is 1.32 bits per heavy atom. The molecule has 3 rings (SSSR count). The number of nitrogens with zero attached hydrogens (tertiary/aromatic N) is 2. The third-order valence-corrected chi connectivity index (χ3v) is 6.06. The summed E-state index contributed by atoms with van der Waals surface area (Å²) in [5.41, 5.74) is 9.67. The van der Waals surface area contributed by atoms with Crippen LogP contribution in [0.25, 0.3) is 0 Å². The molecule has 0 amide bonds. The molecule has 1 fully saturated rings. The maximum Gasteiger partial charge on any atom is 0.193 e. The summed E-state index contributed by atoms with van der Waals surface area (Å²) < 4.78 is 0. The van der Waals surface area contributed by atoms with E-state index in [2.05, 4.69) is 65.7 Å². The van der Waals surface area contributed by atoms with E-state index >= 15 is 0 Å². The Hall–Kier alpha value is -1.85. The lowest BCUT2D eigenvalue weighted by molar-refractivity contribution is 0.128. The number of rotatable bonds is 4. The van der Waals surface area contributed by atoms with Crippen molar-refractivity contribution < 1.29 is 0 Å². The Kier molecular flexibility index (Phi) is 5.76. The highest BCUT2D eigenvalue weighted by Crippen LogP contribution is 2.37. The second-order valence-electron chi connectivity index (χ2n) is 6.99. The first-order valence-electron chi connectivity index (χ1n) is 8.92. The van der Waals surface area contributed by atoms with Gasteiger partial charge in [-0.3, -0.25) is 9.89 Å². The molecule has 2 atom stereocenters. The number of piperidine rings is 1. The van der Waals surface area contributed by atoms with Gasteiger partial charge in [0.05, 0.1) is 0 Å². The monoisotopic (exact) mass is 356 g/mol. The number of guanidine groups is 1. The number of aryl methyl sites for hydroxylation is 2. The number of hydrogen-bond donors (Lipinski definition) is 2. The topological polar surface area (TPSA) is 53.6 Å². The molecule has 1 saturated heterocycles. The van der Waals surface area contributed by atoms with Crippen LogP contribution in [0.3, 0.4) is 0 Å². The molecular formula is C20H28N4S. The molecule has 5 heteroatoms. The van der Waals surface area contributed by atoms with E-state index in [1.165, 1.54) is 28.8 Å². The smallest absolute Gasteiger partial charge is 0.193 e. The molecule has 1 aromatic carbocycles. The fourth-order valence-corrected chi connectivity index (χ4v) is 4.57. The van der Waals surface area contributed by atoms with Crippen LogP contribution < -0.4 is 11.1 Å². The molecule has 0 spiro atoms. The SMILES string of the molecule is Cc1ccc(NC(N)=NCC2CCCN(C)C2c2cccs2)cc1C. The average molecular weight is 357 g/mol. The van der Waals surface area contributed by atoms with Gasteiger partial charge >= 0.3 is 0 Å². The molecule has 25 heavy (non-hydrogen) atoms. The summed E-state index contributed by atoms with van der Waals surface area (Å²) in [6.45, 7) is 6.13. The predicted octanol–water partition coefficient (Wildman–Crippen LogP) is 4.17. The zero-order valence-corrected chi connectivity index (χ0v) is 16.1. The number of nitrogens with one attached hydrogen (secondary N) is 1. The van der Waals surface area contributed by atoms with Crippen LogP contribution in [0.5, 0.6) is 0 Å². The minimum Gasteiger partial charge on any atom is -0.370 e. The lowest BCUT2D eigenvalue weighted by Crippen LogP contribution is -2.37. The van der Waals surface area contributed by atoms with Crippen molar-refractivity contribution in [3.8, 4) is 0 Å². The Labute approximate surface area is 154 Å². The van der Waals surface area contributed by atoms with Gasteiger partial charge in [-0.15, -0.1) is 11.3 Å². The van der Waals surface area contributed by atoms with Crippen LogP contribution in [0.1, 0.15) is 34.9 Å². The number of benzene rings is 1. The minimum absolute atomic E-state index is 0.451. The van der Waals surface area contributed by atoms with Crippen LogP contribution in [-0.4, -0.2) is 31.0 Å². The Balaban J connectivity index is 1.67. The van der Waals surface area contributed by atoms with Crippen LogP contribution >= 0.6 is 11.3 Å². The van der Waals surface area contributed by atoms with Gasteiger partial charge in [0, 0.05) is 23.2 Å². The average Bonchev–Trinajstić information content (AvgIpc) is 3.10. The highest BCUT2D eigenvalue weighted by atomic mass is 32.1. The van der Waals surface area contributed by atoms with Crippen molar-refractivity contribution in [2.24, 2.45) is 16.6 Å². The van der Waals surface area contributed by atoms with E-state index < -0.39 is 0 Å². The molecule has 1 aliphatic rings. The molecule has 1 aromatic heterocycles. The highest BCUT2D eigenvalue weighted by molar-refractivity contribution is 7.10. The lowest BCUT2D eigenvalue weighted by Gasteiger charge is -2.38. The number of aliphatic imine (C=N–C) groups is 1. The molecule has 2 heterocycles. The van der Waals surface area contributed by atoms with Gasteiger partial charge in [-0.1, -0.05) is 12.1 Å². The van der Waals surface area contributed by atoms with E-state index in [1.54, 1.807) is 0 Å². The van der Waals surface area contributed by atoms with Gasteiger partial charge in [0.15, 0.2) is 5.96 Å². The predicted molar refractivity (Wildman–Crippen MR) is 108 cm³/mol. The molecule has 2 aromatic rings. The fraction of sp³-hybridized carbons (Fsp3) is 0.450. The van der Waals surface area contributed by atoms with Crippen molar-refractivity contribution in [2.45, 2.75) is 32.7 Å². The maximum absolute atomic E-state index is 6.14. The van der Waals surface area contributed by atoms with E-state index in [9.17, 15) is 0 Å². The normalized spacial score (nSPS) is 22.1. The number of hydrogen-bond acceptors (Lipinski definition) is 3. The Morgan fingerprint density at radius 3 is 2.88 bits per heavy atom. The van der Waals surface area contributed by atoms with Crippen molar-refractivity contribution in [2.75, 3.05) is 25.5 Å². The molecule has 0 radical (unpaired) electrons. The standard InChI is InChI=1S/C20H28N4S/c1-14-8-9-17(12-15(14)2)23-20(21)22-13-16-6-4-10-24(3)19(16)18-7-5-11-25-18/h5,7-9,11-12,16,19H,4,6,10,13H2,1-3H3,(H3,21,22,23). The Bertz CT molecular complexity index is 723. The van der Waals surface area contributed by atoms with Crippen molar-refractivity contribution in [1.82, 2.24) is 4.90 Å². The summed E-state index contributed by atoms with van der Waals surface area (Å²) in [5, 5.41) is 5.39.